The maximum atomic E-state index is 5.10. The predicted molar refractivity (Wildman–Crippen MR) is 91.3 cm³/mol. The number of aryl methyl sites for hydroxylation is 2. The summed E-state index contributed by atoms with van der Waals surface area (Å²) in [5.41, 5.74) is 7.54. The average molecular weight is 281 g/mol. The number of H-pyrrole nitrogens is 1. The number of aromatic amines is 1. The van der Waals surface area contributed by atoms with Crippen LogP contribution in [0.25, 0.3) is 10.9 Å². The Morgan fingerprint density at radius 1 is 1.00 bits per heavy atom. The summed E-state index contributed by atoms with van der Waals surface area (Å²) in [5, 5.41) is 1.39. The minimum atomic E-state index is 0.938. The summed E-state index contributed by atoms with van der Waals surface area (Å²) in [5.74, 6) is 5.10. The number of rotatable bonds is 3. The molecule has 0 spiro atoms. The average Bonchev–Trinajstić information content (AvgIpc) is 2.85. The van der Waals surface area contributed by atoms with E-state index in [4.69, 9.17) is 5.84 Å². The Hall–Kier alpha value is -2.26. The van der Waals surface area contributed by atoms with Crippen LogP contribution in [0.2, 0.25) is 0 Å². The molecule has 0 aliphatic rings. The highest BCUT2D eigenvalue weighted by atomic mass is 15.2. The van der Waals surface area contributed by atoms with E-state index in [9.17, 15) is 0 Å². The molecule has 0 saturated carbocycles. The van der Waals surface area contributed by atoms with Gasteiger partial charge in [0.2, 0.25) is 0 Å². The van der Waals surface area contributed by atoms with Crippen LogP contribution in [0.3, 0.4) is 0 Å². The lowest BCUT2D eigenvalue weighted by Crippen LogP contribution is -2.05. The first-order valence-electron chi connectivity index (χ1n) is 7.34. The van der Waals surface area contributed by atoms with Crippen molar-refractivity contribution in [2.75, 3.05) is 5.43 Å². The molecule has 3 heteroatoms. The number of fused-ring (bicyclic) bond motifs is 1. The lowest BCUT2D eigenvalue weighted by atomic mass is 10.1. The molecule has 4 N–H and O–H groups in total. The van der Waals surface area contributed by atoms with Crippen LogP contribution in [0.4, 0.5) is 5.69 Å². The van der Waals surface area contributed by atoms with Crippen molar-refractivity contribution in [3.8, 4) is 0 Å². The van der Waals surface area contributed by atoms with E-state index in [1.165, 1.54) is 35.0 Å². The third-order valence-electron chi connectivity index (χ3n) is 3.47. The molecule has 3 rings (SSSR count). The standard InChI is InChI=1S/C12H15N.C6H8N2/c1-3-6-10-9(2)13-12-8-5-4-7-11(10)12;7-8-6-4-2-1-3-5-6/h4-5,7-8,13H,3,6H2,1-2H3;1-5,8H,7H2. The first-order chi connectivity index (χ1) is 10.3. The smallest absolute Gasteiger partial charge is 0.0485 e. The van der Waals surface area contributed by atoms with Crippen LogP contribution in [-0.4, -0.2) is 4.98 Å². The predicted octanol–water partition coefficient (Wildman–Crippen LogP) is 4.40. The molecule has 0 bridgehead atoms. The zero-order valence-electron chi connectivity index (χ0n) is 12.7. The van der Waals surface area contributed by atoms with Crippen molar-refractivity contribution in [3.63, 3.8) is 0 Å². The van der Waals surface area contributed by atoms with Crippen molar-refractivity contribution in [1.82, 2.24) is 4.98 Å². The second-order valence-electron chi connectivity index (χ2n) is 5.03. The van der Waals surface area contributed by atoms with Gasteiger partial charge in [0.05, 0.1) is 0 Å². The highest BCUT2D eigenvalue weighted by Crippen LogP contribution is 2.22. The minimum absolute atomic E-state index is 0.938. The molecule has 2 aromatic carbocycles. The van der Waals surface area contributed by atoms with Crippen molar-refractivity contribution in [2.45, 2.75) is 26.7 Å². The van der Waals surface area contributed by atoms with Gasteiger partial charge in [0.25, 0.3) is 0 Å². The summed E-state index contributed by atoms with van der Waals surface area (Å²) in [7, 11) is 0. The van der Waals surface area contributed by atoms with E-state index in [0.717, 1.165) is 5.69 Å². The number of nitrogens with two attached hydrogens (primary N) is 1. The van der Waals surface area contributed by atoms with E-state index >= 15 is 0 Å². The van der Waals surface area contributed by atoms with Gasteiger partial charge in [-0.05, 0) is 37.1 Å². The van der Waals surface area contributed by atoms with Crippen molar-refractivity contribution in [1.29, 1.82) is 0 Å². The molecule has 1 heterocycles. The fraction of sp³-hybridized carbons (Fsp3) is 0.222. The van der Waals surface area contributed by atoms with Crippen LogP contribution < -0.4 is 11.3 Å². The molecule has 0 atom stereocenters. The molecule has 3 aromatic rings. The molecule has 0 fully saturated rings. The molecule has 21 heavy (non-hydrogen) atoms. The van der Waals surface area contributed by atoms with Crippen LogP contribution in [0, 0.1) is 6.92 Å². The fourth-order valence-electron chi connectivity index (χ4n) is 2.44. The first-order valence-corrected chi connectivity index (χ1v) is 7.34. The molecule has 0 aliphatic carbocycles. The number of nitrogen functional groups attached to an aromatic ring is 1. The Kier molecular flexibility index (Phi) is 5.41. The Balaban J connectivity index is 0.000000173. The van der Waals surface area contributed by atoms with Crippen molar-refractivity contribution in [3.05, 3.63) is 65.9 Å². The zero-order chi connectivity index (χ0) is 15.1. The summed E-state index contributed by atoms with van der Waals surface area (Å²) >= 11 is 0. The summed E-state index contributed by atoms with van der Waals surface area (Å²) in [6.07, 6.45) is 2.39. The molecule has 0 aliphatic heterocycles. The molecule has 3 nitrogen and oxygen atoms in total. The van der Waals surface area contributed by atoms with Crippen LogP contribution in [0.15, 0.2) is 54.6 Å². The number of hydrogen-bond donors (Lipinski definition) is 3. The summed E-state index contributed by atoms with van der Waals surface area (Å²) in [4.78, 5) is 3.41. The number of benzene rings is 2. The van der Waals surface area contributed by atoms with E-state index in [1.807, 2.05) is 30.3 Å². The molecular weight excluding hydrogens is 258 g/mol. The lowest BCUT2D eigenvalue weighted by molar-refractivity contribution is 0.918. The highest BCUT2D eigenvalue weighted by Gasteiger charge is 2.05. The van der Waals surface area contributed by atoms with Gasteiger partial charge >= 0.3 is 0 Å². The van der Waals surface area contributed by atoms with Gasteiger partial charge in [-0.15, -0.1) is 0 Å². The number of para-hydroxylation sites is 2. The van der Waals surface area contributed by atoms with Crippen molar-refractivity contribution >= 4 is 16.6 Å². The molecule has 0 radical (unpaired) electrons. The van der Waals surface area contributed by atoms with Gasteiger partial charge in [0.15, 0.2) is 0 Å². The number of anilines is 1. The van der Waals surface area contributed by atoms with E-state index in [0.29, 0.717) is 0 Å². The van der Waals surface area contributed by atoms with E-state index in [2.05, 4.69) is 48.5 Å². The Bertz CT molecular complexity index is 671. The Morgan fingerprint density at radius 3 is 2.29 bits per heavy atom. The molecular formula is C18H23N3. The number of hydrazine groups is 1. The normalized spacial score (nSPS) is 10.0. The summed E-state index contributed by atoms with van der Waals surface area (Å²) in [6, 6.07) is 18.1. The number of aromatic nitrogens is 1. The van der Waals surface area contributed by atoms with Crippen LogP contribution in [0.1, 0.15) is 24.6 Å². The molecule has 110 valence electrons. The van der Waals surface area contributed by atoms with Gasteiger partial charge in [0, 0.05) is 22.3 Å². The van der Waals surface area contributed by atoms with Crippen LogP contribution in [0.5, 0.6) is 0 Å². The second-order valence-corrected chi connectivity index (χ2v) is 5.03. The van der Waals surface area contributed by atoms with Crippen molar-refractivity contribution < 1.29 is 0 Å². The monoisotopic (exact) mass is 281 g/mol. The second kappa shape index (κ2) is 7.50. The molecule has 0 unspecified atom stereocenters. The van der Waals surface area contributed by atoms with Crippen LogP contribution in [-0.2, 0) is 6.42 Å². The summed E-state index contributed by atoms with van der Waals surface area (Å²) < 4.78 is 0. The highest BCUT2D eigenvalue weighted by molar-refractivity contribution is 5.84. The Morgan fingerprint density at radius 2 is 1.67 bits per heavy atom. The van der Waals surface area contributed by atoms with Crippen LogP contribution >= 0.6 is 0 Å². The third kappa shape index (κ3) is 3.86. The third-order valence-corrected chi connectivity index (χ3v) is 3.47. The van der Waals surface area contributed by atoms with E-state index in [-0.39, 0.29) is 0 Å². The molecule has 1 aromatic heterocycles. The molecule has 0 saturated heterocycles. The van der Waals surface area contributed by atoms with E-state index < -0.39 is 0 Å². The first kappa shape index (κ1) is 15.1. The van der Waals surface area contributed by atoms with E-state index in [1.54, 1.807) is 0 Å². The maximum absolute atomic E-state index is 5.10. The SMILES string of the molecule is CCCc1c(C)[nH]c2ccccc12.NNc1ccccc1. The van der Waals surface area contributed by atoms with Gasteiger partial charge in [-0.1, -0.05) is 49.7 Å². The number of nitrogens with one attached hydrogen (secondary N) is 2. The lowest BCUT2D eigenvalue weighted by Gasteiger charge is -1.96. The Labute approximate surface area is 126 Å². The fourth-order valence-corrected chi connectivity index (χ4v) is 2.44. The van der Waals surface area contributed by atoms with Gasteiger partial charge in [-0.2, -0.15) is 0 Å². The largest absolute Gasteiger partial charge is 0.358 e. The number of hydrogen-bond acceptors (Lipinski definition) is 2. The maximum Gasteiger partial charge on any atom is 0.0485 e. The van der Waals surface area contributed by atoms with Gasteiger partial charge < -0.3 is 10.4 Å². The molecule has 0 amide bonds. The van der Waals surface area contributed by atoms with Gasteiger partial charge in [0.1, 0.15) is 0 Å². The topological polar surface area (TPSA) is 53.8 Å². The van der Waals surface area contributed by atoms with Gasteiger partial charge in [-0.3, -0.25) is 5.84 Å². The minimum Gasteiger partial charge on any atom is -0.358 e. The zero-order valence-corrected chi connectivity index (χ0v) is 12.7. The summed E-state index contributed by atoms with van der Waals surface area (Å²) in [6.45, 7) is 4.38. The quantitative estimate of drug-likeness (QED) is 0.492. The van der Waals surface area contributed by atoms with Crippen molar-refractivity contribution in [2.24, 2.45) is 5.84 Å². The van der Waals surface area contributed by atoms with Gasteiger partial charge in [-0.25, -0.2) is 0 Å².